The summed E-state index contributed by atoms with van der Waals surface area (Å²) in [6.07, 6.45) is 1.72. The van der Waals surface area contributed by atoms with Gasteiger partial charge in [-0.1, -0.05) is 34.8 Å². The number of nitrogens with one attached hydrogen (secondary N) is 1. The first-order chi connectivity index (χ1) is 7.40. The fourth-order valence-electron chi connectivity index (χ4n) is 1.19. The van der Waals surface area contributed by atoms with Crippen LogP contribution in [-0.2, 0) is 10.0 Å². The quantitative estimate of drug-likeness (QED) is 0.872. The standard InChI is InChI=1S/C9H8Cl3NO2S/c10-6-3-8(12)9(4-7(6)11)16(14,15)13-5-1-2-5/h3-5,13H,1-2H2. The van der Waals surface area contributed by atoms with E-state index in [4.69, 9.17) is 34.8 Å². The van der Waals surface area contributed by atoms with E-state index in [9.17, 15) is 8.42 Å². The van der Waals surface area contributed by atoms with Crippen molar-refractivity contribution in [1.82, 2.24) is 4.72 Å². The van der Waals surface area contributed by atoms with Crippen molar-refractivity contribution in [3.63, 3.8) is 0 Å². The minimum absolute atomic E-state index is 0.0236. The molecule has 0 aliphatic heterocycles. The zero-order chi connectivity index (χ0) is 11.9. The van der Waals surface area contributed by atoms with Crippen LogP contribution >= 0.6 is 34.8 Å². The second-order valence-corrected chi connectivity index (χ2v) is 6.50. The molecule has 0 atom stereocenters. The summed E-state index contributed by atoms with van der Waals surface area (Å²) in [6, 6.07) is 2.61. The summed E-state index contributed by atoms with van der Waals surface area (Å²) in [6.45, 7) is 0. The van der Waals surface area contributed by atoms with Crippen LogP contribution in [0.5, 0.6) is 0 Å². The second-order valence-electron chi connectivity index (χ2n) is 3.59. The SMILES string of the molecule is O=S(=O)(NC1CC1)c1cc(Cl)c(Cl)cc1Cl. The lowest BCUT2D eigenvalue weighted by atomic mass is 10.4. The molecule has 1 aromatic carbocycles. The Bertz CT molecular complexity index is 526. The van der Waals surface area contributed by atoms with Gasteiger partial charge in [-0.15, -0.1) is 0 Å². The molecule has 88 valence electrons. The third-order valence-electron chi connectivity index (χ3n) is 2.16. The molecular formula is C9H8Cl3NO2S. The van der Waals surface area contributed by atoms with E-state index >= 15 is 0 Å². The summed E-state index contributed by atoms with van der Waals surface area (Å²) in [5, 5.41) is 0.474. The maximum absolute atomic E-state index is 11.9. The molecule has 3 nitrogen and oxygen atoms in total. The van der Waals surface area contributed by atoms with Crippen molar-refractivity contribution in [3.8, 4) is 0 Å². The fourth-order valence-corrected chi connectivity index (χ4v) is 3.50. The normalized spacial score (nSPS) is 16.4. The highest BCUT2D eigenvalue weighted by molar-refractivity contribution is 7.89. The van der Waals surface area contributed by atoms with Crippen LogP contribution in [0, 0.1) is 0 Å². The van der Waals surface area contributed by atoms with Crippen LogP contribution in [0.4, 0.5) is 0 Å². The first-order valence-electron chi connectivity index (χ1n) is 4.57. The van der Waals surface area contributed by atoms with E-state index in [2.05, 4.69) is 4.72 Å². The number of rotatable bonds is 3. The Kier molecular flexibility index (Phi) is 3.39. The van der Waals surface area contributed by atoms with Crippen molar-refractivity contribution in [2.75, 3.05) is 0 Å². The lowest BCUT2D eigenvalue weighted by molar-refractivity contribution is 0.581. The van der Waals surface area contributed by atoms with Crippen LogP contribution in [0.3, 0.4) is 0 Å². The molecule has 1 saturated carbocycles. The number of sulfonamides is 1. The molecule has 0 amide bonds. The molecule has 1 aromatic rings. The number of hydrogen-bond donors (Lipinski definition) is 1. The smallest absolute Gasteiger partial charge is 0.208 e. The first kappa shape index (κ1) is 12.5. The molecule has 0 heterocycles. The monoisotopic (exact) mass is 299 g/mol. The zero-order valence-corrected chi connectivity index (χ0v) is 11.1. The molecule has 0 radical (unpaired) electrons. The average Bonchev–Trinajstić information content (AvgIpc) is 2.94. The van der Waals surface area contributed by atoms with Gasteiger partial charge >= 0.3 is 0 Å². The van der Waals surface area contributed by atoms with Gasteiger partial charge in [0.25, 0.3) is 0 Å². The Morgan fingerprint density at radius 2 is 1.62 bits per heavy atom. The second kappa shape index (κ2) is 4.35. The van der Waals surface area contributed by atoms with Gasteiger partial charge in [0, 0.05) is 6.04 Å². The van der Waals surface area contributed by atoms with Crippen LogP contribution in [0.1, 0.15) is 12.8 Å². The minimum Gasteiger partial charge on any atom is -0.208 e. The molecule has 1 aliphatic rings. The summed E-state index contributed by atoms with van der Waals surface area (Å²) < 4.78 is 26.3. The third kappa shape index (κ3) is 2.63. The molecule has 0 unspecified atom stereocenters. The summed E-state index contributed by atoms with van der Waals surface area (Å²) in [7, 11) is -3.59. The van der Waals surface area contributed by atoms with Crippen molar-refractivity contribution in [2.45, 2.75) is 23.8 Å². The van der Waals surface area contributed by atoms with Crippen LogP contribution in [0.2, 0.25) is 15.1 Å². The lowest BCUT2D eigenvalue weighted by Crippen LogP contribution is -2.26. The zero-order valence-electron chi connectivity index (χ0n) is 8.00. The molecule has 7 heteroatoms. The fraction of sp³-hybridized carbons (Fsp3) is 0.333. The number of benzene rings is 1. The Hall–Kier alpha value is -0.000000000000000167. The van der Waals surface area contributed by atoms with Crippen LogP contribution in [0.15, 0.2) is 17.0 Å². The van der Waals surface area contributed by atoms with Crippen LogP contribution < -0.4 is 4.72 Å². The average molecular weight is 301 g/mol. The van der Waals surface area contributed by atoms with Crippen molar-refractivity contribution >= 4 is 44.8 Å². The van der Waals surface area contributed by atoms with E-state index < -0.39 is 10.0 Å². The van der Waals surface area contributed by atoms with E-state index in [1.807, 2.05) is 0 Å². The largest absolute Gasteiger partial charge is 0.242 e. The van der Waals surface area contributed by atoms with E-state index in [0.29, 0.717) is 0 Å². The molecule has 0 saturated heterocycles. The van der Waals surface area contributed by atoms with E-state index in [1.54, 1.807) is 0 Å². The Labute approximate surface area is 109 Å². The molecule has 0 aromatic heterocycles. The summed E-state index contributed by atoms with van der Waals surface area (Å²) in [5.74, 6) is 0. The van der Waals surface area contributed by atoms with Crippen molar-refractivity contribution < 1.29 is 8.42 Å². The van der Waals surface area contributed by atoms with Gasteiger partial charge in [0.2, 0.25) is 10.0 Å². The van der Waals surface area contributed by atoms with Gasteiger partial charge in [0.15, 0.2) is 0 Å². The predicted octanol–water partition coefficient (Wildman–Crippen LogP) is 3.09. The molecular weight excluding hydrogens is 293 g/mol. The number of halogens is 3. The highest BCUT2D eigenvalue weighted by Gasteiger charge is 2.29. The van der Waals surface area contributed by atoms with Gasteiger partial charge in [-0.05, 0) is 25.0 Å². The van der Waals surface area contributed by atoms with Crippen molar-refractivity contribution in [1.29, 1.82) is 0 Å². The number of hydrogen-bond acceptors (Lipinski definition) is 2. The van der Waals surface area contributed by atoms with Gasteiger partial charge in [-0.3, -0.25) is 0 Å². The molecule has 1 fully saturated rings. The lowest BCUT2D eigenvalue weighted by Gasteiger charge is -2.08. The van der Waals surface area contributed by atoms with Crippen LogP contribution in [0.25, 0.3) is 0 Å². The van der Waals surface area contributed by atoms with Crippen LogP contribution in [-0.4, -0.2) is 14.5 Å². The highest BCUT2D eigenvalue weighted by Crippen LogP contribution is 2.32. The molecule has 0 spiro atoms. The van der Waals surface area contributed by atoms with Gasteiger partial charge in [0.1, 0.15) is 4.90 Å². The Morgan fingerprint density at radius 3 is 2.19 bits per heavy atom. The molecule has 0 bridgehead atoms. The van der Waals surface area contributed by atoms with E-state index in [-0.39, 0.29) is 26.0 Å². The van der Waals surface area contributed by atoms with E-state index in [1.165, 1.54) is 12.1 Å². The van der Waals surface area contributed by atoms with Crippen molar-refractivity contribution in [3.05, 3.63) is 27.2 Å². The topological polar surface area (TPSA) is 46.2 Å². The Balaban J connectivity index is 2.42. The maximum atomic E-state index is 11.9. The molecule has 1 N–H and O–H groups in total. The van der Waals surface area contributed by atoms with Gasteiger partial charge in [-0.2, -0.15) is 0 Å². The summed E-state index contributed by atoms with van der Waals surface area (Å²) >= 11 is 17.3. The third-order valence-corrected chi connectivity index (χ3v) is 4.87. The molecule has 2 rings (SSSR count). The van der Waals surface area contributed by atoms with E-state index in [0.717, 1.165) is 12.8 Å². The molecule has 1 aliphatic carbocycles. The van der Waals surface area contributed by atoms with Crippen molar-refractivity contribution in [2.24, 2.45) is 0 Å². The predicted molar refractivity (Wildman–Crippen MR) is 64.8 cm³/mol. The van der Waals surface area contributed by atoms with Gasteiger partial charge in [-0.25, -0.2) is 13.1 Å². The Morgan fingerprint density at radius 1 is 1.06 bits per heavy atom. The summed E-state index contributed by atoms with van der Waals surface area (Å²) in [4.78, 5) is -0.0320. The van der Waals surface area contributed by atoms with Gasteiger partial charge in [0.05, 0.1) is 15.1 Å². The summed E-state index contributed by atoms with van der Waals surface area (Å²) in [5.41, 5.74) is 0. The van der Waals surface area contributed by atoms with Gasteiger partial charge < -0.3 is 0 Å². The highest BCUT2D eigenvalue weighted by atomic mass is 35.5. The molecule has 16 heavy (non-hydrogen) atoms. The minimum atomic E-state index is -3.59. The maximum Gasteiger partial charge on any atom is 0.242 e. The first-order valence-corrected chi connectivity index (χ1v) is 7.19.